The molecule has 0 spiro atoms. The molecular formula is C17H26N4O2. The molecule has 126 valence electrons. The fourth-order valence-corrected chi connectivity index (χ4v) is 3.36. The van der Waals surface area contributed by atoms with E-state index in [2.05, 4.69) is 28.7 Å². The molecule has 0 aromatic carbocycles. The van der Waals surface area contributed by atoms with E-state index in [4.69, 9.17) is 0 Å². The zero-order valence-electron chi connectivity index (χ0n) is 14.0. The Labute approximate surface area is 136 Å². The van der Waals surface area contributed by atoms with Crippen LogP contribution in [0.1, 0.15) is 43.6 Å². The van der Waals surface area contributed by atoms with Gasteiger partial charge >= 0.3 is 0 Å². The minimum absolute atomic E-state index is 0.0832. The maximum absolute atomic E-state index is 12.7. The molecule has 1 aliphatic carbocycles. The summed E-state index contributed by atoms with van der Waals surface area (Å²) >= 11 is 0. The average Bonchev–Trinajstić information content (AvgIpc) is 3.34. The first kappa shape index (κ1) is 16.2. The second kappa shape index (κ2) is 6.83. The van der Waals surface area contributed by atoms with Gasteiger partial charge in [-0.3, -0.25) is 14.5 Å². The fraction of sp³-hybridized carbons (Fsp3) is 0.706. The van der Waals surface area contributed by atoms with Crippen LogP contribution in [0.15, 0.2) is 17.2 Å². The molecule has 0 bridgehead atoms. The molecule has 23 heavy (non-hydrogen) atoms. The van der Waals surface area contributed by atoms with E-state index in [1.807, 2.05) is 4.90 Å². The summed E-state index contributed by atoms with van der Waals surface area (Å²) in [6.45, 7) is 8.19. The van der Waals surface area contributed by atoms with Gasteiger partial charge in [-0.15, -0.1) is 0 Å². The van der Waals surface area contributed by atoms with E-state index in [9.17, 15) is 9.59 Å². The van der Waals surface area contributed by atoms with Crippen molar-refractivity contribution in [3.8, 4) is 0 Å². The number of nitrogens with one attached hydrogen (secondary N) is 1. The van der Waals surface area contributed by atoms with E-state index in [0.29, 0.717) is 17.7 Å². The molecule has 1 unspecified atom stereocenters. The highest BCUT2D eigenvalue weighted by Crippen LogP contribution is 2.31. The highest BCUT2D eigenvalue weighted by atomic mass is 16.2. The van der Waals surface area contributed by atoms with Gasteiger partial charge in [-0.25, -0.2) is 4.98 Å². The Morgan fingerprint density at radius 3 is 2.78 bits per heavy atom. The van der Waals surface area contributed by atoms with Gasteiger partial charge in [-0.2, -0.15) is 0 Å². The second-order valence-electron chi connectivity index (χ2n) is 7.15. The van der Waals surface area contributed by atoms with Crippen LogP contribution in [0.5, 0.6) is 0 Å². The molecule has 2 heterocycles. The lowest BCUT2D eigenvalue weighted by molar-refractivity contribution is 0.0698. The number of nitrogens with zero attached hydrogens (tertiary/aromatic N) is 3. The largest absolute Gasteiger partial charge is 0.336 e. The highest BCUT2D eigenvalue weighted by molar-refractivity contribution is 5.92. The number of hydrogen-bond acceptors (Lipinski definition) is 4. The molecule has 1 amide bonds. The number of aromatic nitrogens is 2. The summed E-state index contributed by atoms with van der Waals surface area (Å²) in [5, 5.41) is 0. The Kier molecular flexibility index (Phi) is 4.80. The van der Waals surface area contributed by atoms with Crippen LogP contribution < -0.4 is 5.56 Å². The fourth-order valence-electron chi connectivity index (χ4n) is 3.36. The van der Waals surface area contributed by atoms with Crippen LogP contribution in [0.3, 0.4) is 0 Å². The lowest BCUT2D eigenvalue weighted by Crippen LogP contribution is -2.46. The number of rotatable bonds is 4. The van der Waals surface area contributed by atoms with Crippen molar-refractivity contribution in [1.82, 2.24) is 19.8 Å². The van der Waals surface area contributed by atoms with Crippen molar-refractivity contribution in [3.05, 3.63) is 28.4 Å². The summed E-state index contributed by atoms with van der Waals surface area (Å²) in [6, 6.07) is 0.393. The monoisotopic (exact) mass is 318 g/mol. The molecule has 6 nitrogen and oxygen atoms in total. The van der Waals surface area contributed by atoms with E-state index < -0.39 is 0 Å². The topological polar surface area (TPSA) is 69.3 Å². The van der Waals surface area contributed by atoms with Crippen molar-refractivity contribution < 1.29 is 4.79 Å². The average molecular weight is 318 g/mol. The van der Waals surface area contributed by atoms with Crippen LogP contribution in [-0.2, 0) is 0 Å². The van der Waals surface area contributed by atoms with E-state index in [0.717, 1.165) is 32.0 Å². The van der Waals surface area contributed by atoms with Gasteiger partial charge in [0.2, 0.25) is 0 Å². The number of carbonyl (C=O) groups excluding carboxylic acids is 1. The maximum atomic E-state index is 12.7. The number of carbonyl (C=O) groups is 1. The minimum Gasteiger partial charge on any atom is -0.336 e. The zero-order chi connectivity index (χ0) is 16.4. The smallest absolute Gasteiger partial charge is 0.274 e. The van der Waals surface area contributed by atoms with E-state index in [-0.39, 0.29) is 11.5 Å². The van der Waals surface area contributed by atoms with Gasteiger partial charge < -0.3 is 9.88 Å². The van der Waals surface area contributed by atoms with Gasteiger partial charge in [0.25, 0.3) is 11.5 Å². The normalized spacial score (nSPS) is 23.1. The Morgan fingerprint density at radius 2 is 2.17 bits per heavy atom. The van der Waals surface area contributed by atoms with Crippen LogP contribution in [0.4, 0.5) is 0 Å². The summed E-state index contributed by atoms with van der Waals surface area (Å²) < 4.78 is 0. The molecule has 1 saturated heterocycles. The van der Waals surface area contributed by atoms with Gasteiger partial charge in [-0.1, -0.05) is 13.8 Å². The molecule has 1 saturated carbocycles. The third-order valence-electron chi connectivity index (χ3n) is 4.89. The zero-order valence-corrected chi connectivity index (χ0v) is 14.0. The lowest BCUT2D eigenvalue weighted by atomic mass is 10.0. The van der Waals surface area contributed by atoms with Crippen LogP contribution in [0, 0.1) is 11.8 Å². The summed E-state index contributed by atoms with van der Waals surface area (Å²) in [4.78, 5) is 34.8. The van der Waals surface area contributed by atoms with Crippen molar-refractivity contribution in [2.24, 2.45) is 11.8 Å². The van der Waals surface area contributed by atoms with E-state index in [1.54, 1.807) is 0 Å². The van der Waals surface area contributed by atoms with Gasteiger partial charge in [0.1, 0.15) is 5.69 Å². The summed E-state index contributed by atoms with van der Waals surface area (Å²) in [5.41, 5.74) is 0.0378. The van der Waals surface area contributed by atoms with E-state index in [1.165, 1.54) is 31.8 Å². The molecular weight excluding hydrogens is 292 g/mol. The standard InChI is InChI=1S/C17H26N4O2/c1-12(2)15-11-21(7-3-6-20(15)10-13-4-5-13)17(23)14-8-19-16(22)9-18-14/h8-9,12-13,15H,3-7,10-11H2,1-2H3,(H,19,22). The summed E-state index contributed by atoms with van der Waals surface area (Å²) in [5.74, 6) is 1.28. The van der Waals surface area contributed by atoms with Gasteiger partial charge in [0.05, 0.1) is 6.20 Å². The molecule has 6 heteroatoms. The third-order valence-corrected chi connectivity index (χ3v) is 4.89. The SMILES string of the molecule is CC(C)C1CN(C(=O)c2c[nH]c(=O)cn2)CCCN1CC1CC1. The lowest BCUT2D eigenvalue weighted by Gasteiger charge is -2.34. The quantitative estimate of drug-likeness (QED) is 0.910. The number of amides is 1. The molecule has 1 aromatic heterocycles. The molecule has 1 atom stereocenters. The number of aromatic amines is 1. The molecule has 0 radical (unpaired) electrons. The predicted octanol–water partition coefficient (Wildman–Crippen LogP) is 1.35. The first-order valence-electron chi connectivity index (χ1n) is 8.62. The third kappa shape index (κ3) is 3.99. The minimum atomic E-state index is -0.284. The molecule has 2 fully saturated rings. The molecule has 2 aliphatic rings. The first-order chi connectivity index (χ1) is 11.0. The van der Waals surface area contributed by atoms with Gasteiger partial charge in [-0.05, 0) is 31.1 Å². The summed E-state index contributed by atoms with van der Waals surface area (Å²) in [6.07, 6.45) is 6.29. The van der Waals surface area contributed by atoms with Gasteiger partial charge in [0, 0.05) is 38.4 Å². The Bertz CT molecular complexity index is 588. The second-order valence-corrected chi connectivity index (χ2v) is 7.15. The number of H-pyrrole nitrogens is 1. The van der Waals surface area contributed by atoms with E-state index >= 15 is 0 Å². The molecule has 1 N–H and O–H groups in total. The van der Waals surface area contributed by atoms with Crippen molar-refractivity contribution in [2.45, 2.75) is 39.2 Å². The van der Waals surface area contributed by atoms with Crippen molar-refractivity contribution in [1.29, 1.82) is 0 Å². The Morgan fingerprint density at radius 1 is 1.39 bits per heavy atom. The van der Waals surface area contributed by atoms with Gasteiger partial charge in [0.15, 0.2) is 0 Å². The molecule has 1 aromatic rings. The van der Waals surface area contributed by atoms with Crippen molar-refractivity contribution in [3.63, 3.8) is 0 Å². The van der Waals surface area contributed by atoms with Crippen LogP contribution in [-0.4, -0.2) is 57.9 Å². The number of hydrogen-bond donors (Lipinski definition) is 1. The van der Waals surface area contributed by atoms with Crippen LogP contribution in [0.25, 0.3) is 0 Å². The molecule has 3 rings (SSSR count). The highest BCUT2D eigenvalue weighted by Gasteiger charge is 2.33. The van der Waals surface area contributed by atoms with Crippen LogP contribution in [0.2, 0.25) is 0 Å². The van der Waals surface area contributed by atoms with Crippen LogP contribution >= 0.6 is 0 Å². The first-order valence-corrected chi connectivity index (χ1v) is 8.62. The maximum Gasteiger partial charge on any atom is 0.274 e. The predicted molar refractivity (Wildman–Crippen MR) is 88.3 cm³/mol. The van der Waals surface area contributed by atoms with Crippen molar-refractivity contribution >= 4 is 5.91 Å². The Balaban J connectivity index is 1.73. The Hall–Kier alpha value is -1.69. The van der Waals surface area contributed by atoms with Crippen molar-refractivity contribution in [2.75, 3.05) is 26.2 Å². The molecule has 1 aliphatic heterocycles. The summed E-state index contributed by atoms with van der Waals surface area (Å²) in [7, 11) is 0.